The number of nitrogens with two attached hydrogens (primary N) is 1. The quantitative estimate of drug-likeness (QED) is 0.750. The highest BCUT2D eigenvalue weighted by molar-refractivity contribution is 6.35. The molecule has 1 atom stereocenters. The molecule has 2 aromatic carbocycles. The Morgan fingerprint density at radius 3 is 2.44 bits per heavy atom. The zero-order valence-electron chi connectivity index (χ0n) is 9.64. The minimum atomic E-state index is -0.276. The van der Waals surface area contributed by atoms with E-state index in [-0.39, 0.29) is 6.04 Å². The summed E-state index contributed by atoms with van der Waals surface area (Å²) in [5.41, 5.74) is 7.26. The minimum absolute atomic E-state index is 0.276. The van der Waals surface area contributed by atoms with Gasteiger partial charge in [-0.1, -0.05) is 41.9 Å². The topological polar surface area (TPSA) is 39.2 Å². The number of rotatable bonds is 2. The van der Waals surface area contributed by atoms with E-state index in [9.17, 15) is 0 Å². The molecule has 2 nitrogen and oxygen atoms in total. The third-order valence-corrected chi connectivity index (χ3v) is 3.42. The Morgan fingerprint density at radius 1 is 0.944 bits per heavy atom. The van der Waals surface area contributed by atoms with Crippen molar-refractivity contribution in [1.29, 1.82) is 0 Å². The predicted octanol–water partition coefficient (Wildman–Crippen LogP) is 4.13. The van der Waals surface area contributed by atoms with E-state index in [1.54, 1.807) is 6.26 Å². The number of hydrogen-bond acceptors (Lipinski definition) is 2. The van der Waals surface area contributed by atoms with Gasteiger partial charge in [0.2, 0.25) is 0 Å². The van der Waals surface area contributed by atoms with Crippen LogP contribution < -0.4 is 5.73 Å². The van der Waals surface area contributed by atoms with Crippen molar-refractivity contribution in [3.8, 4) is 0 Å². The molecule has 1 aromatic heterocycles. The second kappa shape index (κ2) is 4.48. The Hall–Kier alpha value is -1.77. The summed E-state index contributed by atoms with van der Waals surface area (Å²) < 4.78 is 5.37. The summed E-state index contributed by atoms with van der Waals surface area (Å²) in [6.07, 6.45) is 1.63. The van der Waals surface area contributed by atoms with Gasteiger partial charge in [0.25, 0.3) is 0 Å². The maximum atomic E-state index is 6.24. The van der Waals surface area contributed by atoms with Crippen LogP contribution in [0.1, 0.15) is 17.4 Å². The van der Waals surface area contributed by atoms with E-state index >= 15 is 0 Å². The summed E-state index contributed by atoms with van der Waals surface area (Å²) in [7, 11) is 0. The van der Waals surface area contributed by atoms with Gasteiger partial charge in [-0.2, -0.15) is 0 Å². The van der Waals surface area contributed by atoms with Crippen molar-refractivity contribution in [2.75, 3.05) is 0 Å². The number of furan rings is 1. The first kappa shape index (κ1) is 11.3. The lowest BCUT2D eigenvalue weighted by molar-refractivity contribution is 0.490. The molecule has 3 rings (SSSR count). The van der Waals surface area contributed by atoms with Gasteiger partial charge in [0.15, 0.2) is 0 Å². The Bertz CT molecular complexity index is 676. The molecule has 0 radical (unpaired) electrons. The number of benzene rings is 2. The first-order chi connectivity index (χ1) is 8.77. The van der Waals surface area contributed by atoms with Crippen LogP contribution in [0.5, 0.6) is 0 Å². The van der Waals surface area contributed by atoms with Gasteiger partial charge in [0.05, 0.1) is 12.3 Å². The zero-order valence-corrected chi connectivity index (χ0v) is 10.4. The monoisotopic (exact) mass is 257 g/mol. The smallest absolute Gasteiger partial charge is 0.125 e. The van der Waals surface area contributed by atoms with Crippen LogP contribution in [-0.4, -0.2) is 0 Å². The lowest BCUT2D eigenvalue weighted by Crippen LogP contribution is -2.11. The fourth-order valence-electron chi connectivity index (χ4n) is 2.18. The molecule has 0 saturated carbocycles. The summed E-state index contributed by atoms with van der Waals surface area (Å²) in [6.45, 7) is 0. The van der Waals surface area contributed by atoms with Crippen molar-refractivity contribution in [3.05, 3.63) is 71.1 Å². The first-order valence-corrected chi connectivity index (χ1v) is 6.11. The Morgan fingerprint density at radius 2 is 1.72 bits per heavy atom. The molecule has 1 unspecified atom stereocenters. The summed E-state index contributed by atoms with van der Waals surface area (Å²) in [4.78, 5) is 0. The minimum Gasteiger partial charge on any atom is -0.467 e. The van der Waals surface area contributed by atoms with Crippen molar-refractivity contribution in [1.82, 2.24) is 0 Å². The number of fused-ring (bicyclic) bond motifs is 1. The van der Waals surface area contributed by atoms with Crippen LogP contribution >= 0.6 is 11.6 Å². The molecule has 1 heterocycles. The lowest BCUT2D eigenvalue weighted by atomic mass is 9.98. The van der Waals surface area contributed by atoms with Crippen LogP contribution in [0.25, 0.3) is 10.8 Å². The number of hydrogen-bond donors (Lipinski definition) is 1. The molecule has 0 saturated heterocycles. The Labute approximate surface area is 110 Å². The van der Waals surface area contributed by atoms with Crippen molar-refractivity contribution in [2.45, 2.75) is 6.04 Å². The van der Waals surface area contributed by atoms with E-state index in [0.29, 0.717) is 0 Å². The van der Waals surface area contributed by atoms with E-state index < -0.39 is 0 Å². The van der Waals surface area contributed by atoms with E-state index in [1.165, 1.54) is 0 Å². The van der Waals surface area contributed by atoms with Gasteiger partial charge < -0.3 is 10.2 Å². The van der Waals surface area contributed by atoms with E-state index in [2.05, 4.69) is 0 Å². The largest absolute Gasteiger partial charge is 0.467 e. The van der Waals surface area contributed by atoms with Gasteiger partial charge in [0, 0.05) is 10.4 Å². The Balaban J connectivity index is 2.21. The molecular weight excluding hydrogens is 246 g/mol. The summed E-state index contributed by atoms with van der Waals surface area (Å²) in [5.74, 6) is 0.752. The maximum absolute atomic E-state index is 6.24. The van der Waals surface area contributed by atoms with E-state index in [1.807, 2.05) is 48.5 Å². The van der Waals surface area contributed by atoms with Gasteiger partial charge in [-0.25, -0.2) is 0 Å². The third kappa shape index (κ3) is 1.80. The average molecular weight is 258 g/mol. The standard InChI is InChI=1S/C15H12ClNO/c16-13-8-7-12(10-4-1-2-5-11(10)13)15(17)14-6-3-9-18-14/h1-9,15H,17H2. The first-order valence-electron chi connectivity index (χ1n) is 5.73. The molecule has 0 bridgehead atoms. The Kier molecular flexibility index (Phi) is 2.82. The van der Waals surface area contributed by atoms with Crippen molar-refractivity contribution in [3.63, 3.8) is 0 Å². The van der Waals surface area contributed by atoms with Crippen molar-refractivity contribution in [2.24, 2.45) is 5.73 Å². The SMILES string of the molecule is NC(c1ccco1)c1ccc(Cl)c2ccccc12. The van der Waals surface area contributed by atoms with Gasteiger partial charge in [-0.05, 0) is 29.1 Å². The van der Waals surface area contributed by atoms with Crippen LogP contribution in [0.4, 0.5) is 0 Å². The van der Waals surface area contributed by atoms with Gasteiger partial charge in [0.1, 0.15) is 5.76 Å². The van der Waals surface area contributed by atoms with Crippen LogP contribution in [0, 0.1) is 0 Å². The van der Waals surface area contributed by atoms with Gasteiger partial charge in [-0.3, -0.25) is 0 Å². The summed E-state index contributed by atoms with van der Waals surface area (Å²) in [5, 5.41) is 2.81. The van der Waals surface area contributed by atoms with E-state index in [0.717, 1.165) is 27.1 Å². The van der Waals surface area contributed by atoms with Gasteiger partial charge in [-0.15, -0.1) is 0 Å². The normalized spacial score (nSPS) is 12.8. The molecule has 18 heavy (non-hydrogen) atoms. The van der Waals surface area contributed by atoms with E-state index in [4.69, 9.17) is 21.8 Å². The third-order valence-electron chi connectivity index (χ3n) is 3.09. The predicted molar refractivity (Wildman–Crippen MR) is 73.7 cm³/mol. The molecule has 0 spiro atoms. The summed E-state index contributed by atoms with van der Waals surface area (Å²) in [6, 6.07) is 15.3. The highest BCUT2D eigenvalue weighted by Gasteiger charge is 2.15. The second-order valence-corrected chi connectivity index (χ2v) is 4.58. The molecule has 0 aliphatic rings. The molecule has 0 fully saturated rings. The maximum Gasteiger partial charge on any atom is 0.125 e. The molecule has 3 heteroatoms. The molecule has 3 aromatic rings. The van der Waals surface area contributed by atoms with Crippen LogP contribution in [0.15, 0.2) is 59.2 Å². The van der Waals surface area contributed by atoms with Crippen molar-refractivity contribution >= 4 is 22.4 Å². The van der Waals surface area contributed by atoms with Gasteiger partial charge >= 0.3 is 0 Å². The molecule has 0 amide bonds. The van der Waals surface area contributed by atoms with Crippen LogP contribution in [-0.2, 0) is 0 Å². The molecule has 0 aliphatic heterocycles. The fourth-order valence-corrected chi connectivity index (χ4v) is 2.41. The van der Waals surface area contributed by atoms with Crippen LogP contribution in [0.3, 0.4) is 0 Å². The summed E-state index contributed by atoms with van der Waals surface area (Å²) >= 11 is 6.19. The van der Waals surface area contributed by atoms with Crippen LogP contribution in [0.2, 0.25) is 5.02 Å². The zero-order chi connectivity index (χ0) is 12.5. The lowest BCUT2D eigenvalue weighted by Gasteiger charge is -2.13. The highest BCUT2D eigenvalue weighted by Crippen LogP contribution is 2.31. The average Bonchev–Trinajstić information content (AvgIpc) is 2.93. The molecule has 2 N–H and O–H groups in total. The number of halogens is 1. The molecule has 90 valence electrons. The second-order valence-electron chi connectivity index (χ2n) is 4.18. The molecule has 0 aliphatic carbocycles. The molecular formula is C15H12ClNO. The van der Waals surface area contributed by atoms with Crippen molar-refractivity contribution < 1.29 is 4.42 Å². The highest BCUT2D eigenvalue weighted by atomic mass is 35.5. The fraction of sp³-hybridized carbons (Fsp3) is 0.0667.